The van der Waals surface area contributed by atoms with Crippen molar-refractivity contribution in [2.45, 2.75) is 20.5 Å². The van der Waals surface area contributed by atoms with E-state index in [1.165, 1.54) is 12.1 Å². The summed E-state index contributed by atoms with van der Waals surface area (Å²) in [5.74, 6) is -1.30. The van der Waals surface area contributed by atoms with E-state index in [0.717, 1.165) is 21.8 Å². The highest BCUT2D eigenvalue weighted by Gasteiger charge is 2.34. The lowest BCUT2D eigenvalue weighted by molar-refractivity contribution is -0.384. The Morgan fingerprint density at radius 3 is 2.62 bits per heavy atom. The fraction of sp³-hybridized carbons (Fsp3) is 0.138. The second-order valence-corrected chi connectivity index (χ2v) is 10.4. The molecule has 4 rings (SSSR count). The maximum Gasteiger partial charge on any atom is 0.344 e. The summed E-state index contributed by atoms with van der Waals surface area (Å²) in [4.78, 5) is 40.8. The predicted octanol–water partition coefficient (Wildman–Crippen LogP) is 6.95. The molecule has 0 unspecified atom stereocenters. The van der Waals surface area contributed by atoms with Gasteiger partial charge in [-0.3, -0.25) is 14.9 Å². The Morgan fingerprint density at radius 1 is 1.12 bits per heavy atom. The molecule has 204 valence electrons. The summed E-state index contributed by atoms with van der Waals surface area (Å²) in [6.07, 6.45) is 1.60. The number of halogens is 1. The van der Waals surface area contributed by atoms with Gasteiger partial charge in [0.25, 0.3) is 11.6 Å². The van der Waals surface area contributed by atoms with E-state index in [0.29, 0.717) is 22.4 Å². The molecule has 1 aliphatic heterocycles. The van der Waals surface area contributed by atoms with Gasteiger partial charge in [-0.2, -0.15) is 0 Å². The van der Waals surface area contributed by atoms with E-state index in [1.54, 1.807) is 74.5 Å². The number of nitrogens with zero attached hydrogens (tertiary/aromatic N) is 2. The molecule has 0 saturated heterocycles. The molecule has 0 aliphatic carbocycles. The fourth-order valence-corrected chi connectivity index (χ4v) is 5.17. The van der Waals surface area contributed by atoms with E-state index in [4.69, 9.17) is 9.47 Å². The number of rotatable bonds is 8. The second-order valence-electron chi connectivity index (χ2n) is 8.49. The van der Waals surface area contributed by atoms with Gasteiger partial charge in [0, 0.05) is 27.7 Å². The highest BCUT2D eigenvalue weighted by molar-refractivity contribution is 9.10. The number of esters is 1. The summed E-state index contributed by atoms with van der Waals surface area (Å²) in [6, 6.07) is 18.3. The summed E-state index contributed by atoms with van der Waals surface area (Å²) in [5.41, 5.74) is 2.00. The third-order valence-corrected chi connectivity index (χ3v) is 7.24. The Labute approximate surface area is 242 Å². The molecular weight excluding hydrogens is 600 g/mol. The number of non-ortho nitro benzene ring substituents is 1. The summed E-state index contributed by atoms with van der Waals surface area (Å²) < 4.78 is 11.8. The van der Waals surface area contributed by atoms with Gasteiger partial charge in [0.2, 0.25) is 0 Å². The monoisotopic (exact) mass is 622 g/mol. The highest BCUT2D eigenvalue weighted by Crippen LogP contribution is 2.41. The summed E-state index contributed by atoms with van der Waals surface area (Å²) in [5, 5.41) is 22.2. The number of carbonyl (C=O) groups is 2. The number of amides is 1. The zero-order valence-corrected chi connectivity index (χ0v) is 23.8. The molecule has 40 heavy (non-hydrogen) atoms. The minimum Gasteiger partial charge on any atom is -0.506 e. The fourth-order valence-electron chi connectivity index (χ4n) is 3.78. The molecule has 3 aromatic rings. The first-order valence-electron chi connectivity index (χ1n) is 12.0. The molecule has 11 heteroatoms. The average molecular weight is 623 g/mol. The third-order valence-electron chi connectivity index (χ3n) is 5.72. The molecule has 1 heterocycles. The minimum atomic E-state index is -0.802. The molecule has 1 amide bonds. The van der Waals surface area contributed by atoms with Crippen molar-refractivity contribution in [1.29, 1.82) is 0 Å². The van der Waals surface area contributed by atoms with Crippen LogP contribution in [0.25, 0.3) is 6.08 Å². The van der Waals surface area contributed by atoms with Gasteiger partial charge in [0.15, 0.2) is 0 Å². The summed E-state index contributed by atoms with van der Waals surface area (Å²) in [6.45, 7) is 3.54. The van der Waals surface area contributed by atoms with Crippen LogP contribution in [0.4, 0.5) is 5.69 Å². The van der Waals surface area contributed by atoms with E-state index in [2.05, 4.69) is 20.9 Å². The first-order chi connectivity index (χ1) is 19.2. The van der Waals surface area contributed by atoms with Crippen molar-refractivity contribution >= 4 is 56.4 Å². The molecule has 0 atom stereocenters. The molecule has 1 aliphatic rings. The van der Waals surface area contributed by atoms with Gasteiger partial charge in [-0.1, -0.05) is 58.0 Å². The number of ether oxygens (including phenoxy) is 2. The van der Waals surface area contributed by atoms with Gasteiger partial charge in [0.05, 0.1) is 16.4 Å². The first-order valence-corrected chi connectivity index (χ1v) is 13.6. The molecule has 0 radical (unpaired) electrons. The van der Waals surface area contributed by atoms with E-state index >= 15 is 0 Å². The van der Waals surface area contributed by atoms with Crippen LogP contribution in [0.15, 0.2) is 92.4 Å². The number of aliphatic imine (C=N–C) groups is 1. The van der Waals surface area contributed by atoms with Gasteiger partial charge in [-0.15, -0.1) is 0 Å². The van der Waals surface area contributed by atoms with Crippen LogP contribution in [0.1, 0.15) is 34.0 Å². The lowest BCUT2D eigenvalue weighted by Crippen LogP contribution is -2.14. The topological polar surface area (TPSA) is 128 Å². The van der Waals surface area contributed by atoms with Crippen LogP contribution in [0, 0.1) is 17.0 Å². The molecule has 0 saturated carbocycles. The standard InChI is InChI=1S/C29H23BrN2O7S/c1-3-38-29(35)25-26(33)24(40-28(25)31-27(34)22-10-5-4-7-17(22)2)15-19-14-20(30)11-12-23(19)39-16-18-8-6-9-21(13-18)32(36)37/h4-15,33H,3,16H2,1-2H3/b24-15-,31-28?. The smallest absolute Gasteiger partial charge is 0.344 e. The van der Waals surface area contributed by atoms with Gasteiger partial charge in [-0.25, -0.2) is 9.79 Å². The Kier molecular flexibility index (Phi) is 9.18. The first kappa shape index (κ1) is 28.8. The second kappa shape index (κ2) is 12.8. The lowest BCUT2D eigenvalue weighted by atomic mass is 10.1. The van der Waals surface area contributed by atoms with Gasteiger partial charge in [0.1, 0.15) is 28.7 Å². The maximum atomic E-state index is 13.0. The van der Waals surface area contributed by atoms with E-state index in [-0.39, 0.29) is 40.2 Å². The normalized spacial score (nSPS) is 15.0. The van der Waals surface area contributed by atoms with Crippen molar-refractivity contribution in [3.05, 3.63) is 120 Å². The van der Waals surface area contributed by atoms with Crippen LogP contribution in [0.3, 0.4) is 0 Å². The molecule has 0 bridgehead atoms. The summed E-state index contributed by atoms with van der Waals surface area (Å²) in [7, 11) is 0. The van der Waals surface area contributed by atoms with Crippen LogP contribution in [-0.2, 0) is 16.1 Å². The van der Waals surface area contributed by atoms with Crippen LogP contribution in [0.5, 0.6) is 5.75 Å². The van der Waals surface area contributed by atoms with Crippen molar-refractivity contribution in [2.24, 2.45) is 4.99 Å². The quantitative estimate of drug-likeness (QED) is 0.162. The number of thioether (sulfide) groups is 1. The number of nitro benzene ring substituents is 1. The Morgan fingerprint density at radius 2 is 1.90 bits per heavy atom. The molecule has 0 fully saturated rings. The van der Waals surface area contributed by atoms with E-state index in [1.807, 2.05) is 0 Å². The van der Waals surface area contributed by atoms with Crippen molar-refractivity contribution in [3.63, 3.8) is 0 Å². The molecular formula is C29H23BrN2O7S. The average Bonchev–Trinajstić information content (AvgIpc) is 3.22. The number of hydrogen-bond donors (Lipinski definition) is 1. The number of aryl methyl sites for hydroxylation is 1. The zero-order chi connectivity index (χ0) is 28.8. The van der Waals surface area contributed by atoms with Gasteiger partial charge < -0.3 is 14.6 Å². The van der Waals surface area contributed by atoms with E-state index < -0.39 is 16.8 Å². The third kappa shape index (κ3) is 6.67. The van der Waals surface area contributed by atoms with Gasteiger partial charge >= 0.3 is 5.97 Å². The number of nitro groups is 1. The highest BCUT2D eigenvalue weighted by atomic mass is 79.9. The molecule has 0 aromatic heterocycles. The van der Waals surface area contributed by atoms with Crippen molar-refractivity contribution in [2.75, 3.05) is 6.61 Å². The number of hydrogen-bond acceptors (Lipinski definition) is 8. The number of carbonyl (C=O) groups excluding carboxylic acids is 2. The number of aliphatic hydroxyl groups is 1. The zero-order valence-electron chi connectivity index (χ0n) is 21.4. The lowest BCUT2D eigenvalue weighted by Gasteiger charge is -2.11. The Bertz CT molecular complexity index is 1600. The van der Waals surface area contributed by atoms with Crippen LogP contribution in [0.2, 0.25) is 0 Å². The minimum absolute atomic E-state index is 0.0181. The van der Waals surface area contributed by atoms with Crippen LogP contribution < -0.4 is 4.74 Å². The predicted molar refractivity (Wildman–Crippen MR) is 156 cm³/mol. The molecule has 3 aromatic carbocycles. The Balaban J connectivity index is 1.69. The molecule has 9 nitrogen and oxygen atoms in total. The van der Waals surface area contributed by atoms with Crippen LogP contribution in [-0.4, -0.2) is 33.6 Å². The molecule has 1 N–H and O–H groups in total. The largest absolute Gasteiger partial charge is 0.506 e. The summed E-state index contributed by atoms with van der Waals surface area (Å²) >= 11 is 4.39. The van der Waals surface area contributed by atoms with Gasteiger partial charge in [-0.05, 0) is 55.3 Å². The number of aliphatic hydroxyl groups excluding tert-OH is 1. The maximum absolute atomic E-state index is 13.0. The van der Waals surface area contributed by atoms with Crippen molar-refractivity contribution in [3.8, 4) is 5.75 Å². The van der Waals surface area contributed by atoms with Crippen LogP contribution >= 0.6 is 27.7 Å². The van der Waals surface area contributed by atoms with Crippen molar-refractivity contribution < 1.29 is 29.1 Å². The van der Waals surface area contributed by atoms with E-state index in [9.17, 15) is 24.8 Å². The van der Waals surface area contributed by atoms with Crippen molar-refractivity contribution in [1.82, 2.24) is 0 Å². The Hall–Kier alpha value is -4.22. The molecule has 0 spiro atoms. The number of benzene rings is 3. The SMILES string of the molecule is CCOC(=O)C1=C(O)/C(=C/c2cc(Br)ccc2OCc2cccc([N+](=O)[O-])c2)SC1=NC(=O)c1ccccc1C.